The number of rotatable bonds is 3. The molecule has 0 unspecified atom stereocenters. The second-order valence-electron chi connectivity index (χ2n) is 5.22. The third-order valence-electron chi connectivity index (χ3n) is 3.73. The molecule has 3 aromatic heterocycles. The number of benzene rings is 1. The molecule has 5 heteroatoms. The van der Waals surface area contributed by atoms with E-state index in [2.05, 4.69) is 24.6 Å². The van der Waals surface area contributed by atoms with E-state index in [0.717, 1.165) is 34.2 Å². The van der Waals surface area contributed by atoms with Gasteiger partial charge in [-0.1, -0.05) is 36.4 Å². The van der Waals surface area contributed by atoms with Gasteiger partial charge in [0.05, 0.1) is 11.4 Å². The molecule has 3 heterocycles. The van der Waals surface area contributed by atoms with Crippen molar-refractivity contribution in [3.8, 4) is 11.4 Å². The van der Waals surface area contributed by atoms with Crippen LogP contribution in [0.5, 0.6) is 0 Å². The average molecular weight is 289 g/mol. The summed E-state index contributed by atoms with van der Waals surface area (Å²) in [6.45, 7) is 2.02. The van der Waals surface area contributed by atoms with Crippen LogP contribution in [-0.2, 0) is 6.42 Å². The Morgan fingerprint density at radius 3 is 2.68 bits per heavy atom. The average Bonchev–Trinajstić information content (AvgIpc) is 3.14. The van der Waals surface area contributed by atoms with Gasteiger partial charge in [-0.2, -0.15) is 5.10 Å². The van der Waals surface area contributed by atoms with Crippen LogP contribution in [0.4, 0.5) is 0 Å². The Kier molecular flexibility index (Phi) is 2.96. The molecule has 0 spiro atoms. The Morgan fingerprint density at radius 2 is 1.82 bits per heavy atom. The summed E-state index contributed by atoms with van der Waals surface area (Å²) in [5.74, 6) is 1.56. The fourth-order valence-corrected chi connectivity index (χ4v) is 2.63. The molecule has 0 amide bonds. The zero-order valence-corrected chi connectivity index (χ0v) is 12.2. The molecule has 0 saturated heterocycles. The number of imidazole rings is 1. The van der Waals surface area contributed by atoms with Crippen molar-refractivity contribution in [2.75, 3.05) is 0 Å². The summed E-state index contributed by atoms with van der Waals surface area (Å²) in [6, 6.07) is 16.0. The van der Waals surface area contributed by atoms with Gasteiger partial charge in [0.2, 0.25) is 0 Å². The molecule has 0 aliphatic carbocycles. The number of H-pyrrole nitrogens is 1. The monoisotopic (exact) mass is 289 g/mol. The third-order valence-corrected chi connectivity index (χ3v) is 3.73. The summed E-state index contributed by atoms with van der Waals surface area (Å²) in [5.41, 5.74) is 4.12. The van der Waals surface area contributed by atoms with Crippen molar-refractivity contribution in [1.29, 1.82) is 0 Å². The normalized spacial score (nSPS) is 11.1. The van der Waals surface area contributed by atoms with Crippen LogP contribution in [-0.4, -0.2) is 24.6 Å². The zero-order valence-electron chi connectivity index (χ0n) is 12.2. The van der Waals surface area contributed by atoms with Gasteiger partial charge in [-0.25, -0.2) is 9.97 Å². The van der Waals surface area contributed by atoms with Crippen LogP contribution in [0.1, 0.15) is 17.2 Å². The van der Waals surface area contributed by atoms with Gasteiger partial charge in [-0.3, -0.25) is 5.10 Å². The van der Waals surface area contributed by atoms with Crippen LogP contribution in [0.25, 0.3) is 17.0 Å². The number of aromatic amines is 1. The molecule has 4 rings (SSSR count). The topological polar surface area (TPSA) is 58.9 Å². The minimum absolute atomic E-state index is 0.677. The van der Waals surface area contributed by atoms with Crippen molar-refractivity contribution in [3.63, 3.8) is 0 Å². The van der Waals surface area contributed by atoms with Gasteiger partial charge < -0.3 is 4.40 Å². The van der Waals surface area contributed by atoms with Crippen molar-refractivity contribution in [1.82, 2.24) is 24.6 Å². The van der Waals surface area contributed by atoms with E-state index in [4.69, 9.17) is 0 Å². The fraction of sp³-hybridized carbons (Fsp3) is 0.118. The second-order valence-corrected chi connectivity index (χ2v) is 5.22. The van der Waals surface area contributed by atoms with Gasteiger partial charge in [0.15, 0.2) is 5.82 Å². The lowest BCUT2D eigenvalue weighted by Crippen LogP contribution is -1.98. The highest BCUT2D eigenvalue weighted by atomic mass is 15.2. The van der Waals surface area contributed by atoms with E-state index in [1.54, 1.807) is 0 Å². The van der Waals surface area contributed by atoms with Crippen LogP contribution >= 0.6 is 0 Å². The molecule has 1 aromatic carbocycles. The maximum atomic E-state index is 4.60. The lowest BCUT2D eigenvalue weighted by Gasteiger charge is -2.00. The lowest BCUT2D eigenvalue weighted by molar-refractivity contribution is 0.917. The van der Waals surface area contributed by atoms with Gasteiger partial charge in [-0.15, -0.1) is 0 Å². The lowest BCUT2D eigenvalue weighted by atomic mass is 10.2. The van der Waals surface area contributed by atoms with E-state index >= 15 is 0 Å². The molecular weight excluding hydrogens is 274 g/mol. The minimum atomic E-state index is 0.677. The molecule has 0 aliphatic rings. The summed E-state index contributed by atoms with van der Waals surface area (Å²) in [4.78, 5) is 9.17. The molecule has 0 saturated carbocycles. The molecule has 1 N–H and O–H groups in total. The fourth-order valence-electron chi connectivity index (χ4n) is 2.63. The number of fused-ring (bicyclic) bond motifs is 1. The number of pyridine rings is 1. The Hall–Kier alpha value is -2.95. The summed E-state index contributed by atoms with van der Waals surface area (Å²) in [6.07, 6.45) is 2.70. The van der Waals surface area contributed by atoms with Gasteiger partial charge in [0, 0.05) is 18.2 Å². The first-order valence-corrected chi connectivity index (χ1v) is 7.20. The highest BCUT2D eigenvalue weighted by Crippen LogP contribution is 2.17. The number of nitrogens with one attached hydrogen (secondary N) is 1. The quantitative estimate of drug-likeness (QED) is 0.630. The SMILES string of the molecule is Cc1nc2ccccn2c1Cc1nc(-c2ccccc2)n[nH]1. The van der Waals surface area contributed by atoms with E-state index in [1.165, 1.54) is 0 Å². The van der Waals surface area contributed by atoms with Crippen molar-refractivity contribution in [3.05, 3.63) is 71.9 Å². The van der Waals surface area contributed by atoms with Crippen LogP contribution in [0.15, 0.2) is 54.7 Å². The first-order chi connectivity index (χ1) is 10.8. The molecular formula is C17H15N5. The van der Waals surface area contributed by atoms with E-state index < -0.39 is 0 Å². The van der Waals surface area contributed by atoms with Gasteiger partial charge >= 0.3 is 0 Å². The van der Waals surface area contributed by atoms with Crippen LogP contribution in [0.2, 0.25) is 0 Å². The van der Waals surface area contributed by atoms with Gasteiger partial charge in [0.1, 0.15) is 11.5 Å². The Balaban J connectivity index is 1.69. The summed E-state index contributed by atoms with van der Waals surface area (Å²) in [5, 5.41) is 7.34. The van der Waals surface area contributed by atoms with Crippen LogP contribution < -0.4 is 0 Å². The van der Waals surface area contributed by atoms with Crippen LogP contribution in [0.3, 0.4) is 0 Å². The van der Waals surface area contributed by atoms with Gasteiger partial charge in [0.25, 0.3) is 0 Å². The maximum absolute atomic E-state index is 4.60. The van der Waals surface area contributed by atoms with Crippen LogP contribution in [0, 0.1) is 6.92 Å². The zero-order chi connectivity index (χ0) is 14.9. The number of nitrogens with zero attached hydrogens (tertiary/aromatic N) is 4. The van der Waals surface area contributed by atoms with Crippen molar-refractivity contribution in [2.24, 2.45) is 0 Å². The number of aryl methyl sites for hydroxylation is 1. The van der Waals surface area contributed by atoms with E-state index in [1.807, 2.05) is 61.7 Å². The summed E-state index contributed by atoms with van der Waals surface area (Å²) < 4.78 is 2.10. The first-order valence-electron chi connectivity index (χ1n) is 7.20. The highest BCUT2D eigenvalue weighted by Gasteiger charge is 2.12. The van der Waals surface area contributed by atoms with E-state index in [-0.39, 0.29) is 0 Å². The molecule has 5 nitrogen and oxygen atoms in total. The largest absolute Gasteiger partial charge is 0.303 e. The Labute approximate surface area is 127 Å². The predicted octanol–water partition coefficient (Wildman–Crippen LogP) is 3.02. The standard InChI is InChI=1S/C17H15N5/c1-12-14(22-10-6-5-9-16(22)18-12)11-15-19-17(21-20-15)13-7-3-2-4-8-13/h2-10H,11H2,1H3,(H,19,20,21). The first kappa shape index (κ1) is 12.8. The molecule has 0 fully saturated rings. The Bertz CT molecular complexity index is 921. The molecule has 0 radical (unpaired) electrons. The molecule has 0 bridgehead atoms. The number of aromatic nitrogens is 5. The summed E-state index contributed by atoms with van der Waals surface area (Å²) >= 11 is 0. The van der Waals surface area contributed by atoms with Crippen molar-refractivity contribution < 1.29 is 0 Å². The van der Waals surface area contributed by atoms with E-state index in [9.17, 15) is 0 Å². The Morgan fingerprint density at radius 1 is 1.00 bits per heavy atom. The molecule has 4 aromatic rings. The molecule has 0 atom stereocenters. The predicted molar refractivity (Wildman–Crippen MR) is 84.6 cm³/mol. The molecule has 0 aliphatic heterocycles. The number of hydrogen-bond donors (Lipinski definition) is 1. The van der Waals surface area contributed by atoms with Crippen molar-refractivity contribution >= 4 is 5.65 Å². The maximum Gasteiger partial charge on any atom is 0.181 e. The third kappa shape index (κ3) is 2.16. The molecule has 22 heavy (non-hydrogen) atoms. The smallest absolute Gasteiger partial charge is 0.181 e. The second kappa shape index (κ2) is 5.11. The van der Waals surface area contributed by atoms with Crippen molar-refractivity contribution in [2.45, 2.75) is 13.3 Å². The highest BCUT2D eigenvalue weighted by molar-refractivity contribution is 5.54. The summed E-state index contributed by atoms with van der Waals surface area (Å²) in [7, 11) is 0. The molecule has 108 valence electrons. The van der Waals surface area contributed by atoms with E-state index in [0.29, 0.717) is 6.42 Å². The van der Waals surface area contributed by atoms with Gasteiger partial charge in [-0.05, 0) is 19.1 Å². The number of hydrogen-bond acceptors (Lipinski definition) is 3. The minimum Gasteiger partial charge on any atom is -0.303 e.